The molecule has 0 radical (unpaired) electrons. The van der Waals surface area contributed by atoms with Crippen LogP contribution in [-0.4, -0.2) is 27.2 Å². The molecular formula is C21H24F3N3OS. The summed E-state index contributed by atoms with van der Waals surface area (Å²) in [6, 6.07) is 9.72. The molecule has 3 rings (SSSR count). The van der Waals surface area contributed by atoms with E-state index in [2.05, 4.69) is 15.3 Å². The van der Waals surface area contributed by atoms with Gasteiger partial charge in [-0.1, -0.05) is 67.8 Å². The lowest BCUT2D eigenvalue weighted by Crippen LogP contribution is -2.39. The molecule has 29 heavy (non-hydrogen) atoms. The third-order valence-electron chi connectivity index (χ3n) is 4.92. The quantitative estimate of drug-likeness (QED) is 0.393. The lowest BCUT2D eigenvalue weighted by atomic mass is 10.1. The minimum atomic E-state index is -4.59. The average molecular weight is 424 g/mol. The lowest BCUT2D eigenvalue weighted by Gasteiger charge is -2.19. The highest BCUT2D eigenvalue weighted by Gasteiger charge is 2.34. The molecule has 1 fully saturated rings. The molecule has 1 heterocycles. The fourth-order valence-electron chi connectivity index (χ4n) is 3.33. The van der Waals surface area contributed by atoms with Crippen molar-refractivity contribution in [2.75, 3.05) is 0 Å². The van der Waals surface area contributed by atoms with E-state index in [-0.39, 0.29) is 22.8 Å². The summed E-state index contributed by atoms with van der Waals surface area (Å²) in [7, 11) is 0. The first-order valence-corrected chi connectivity index (χ1v) is 10.7. The summed E-state index contributed by atoms with van der Waals surface area (Å²) in [6.07, 6.45) is 1.83. The monoisotopic (exact) mass is 423 g/mol. The predicted molar refractivity (Wildman–Crippen MR) is 107 cm³/mol. The summed E-state index contributed by atoms with van der Waals surface area (Å²) in [5, 5.41) is 2.39. The van der Waals surface area contributed by atoms with Gasteiger partial charge in [-0.3, -0.25) is 4.79 Å². The second kappa shape index (κ2) is 9.61. The van der Waals surface area contributed by atoms with Gasteiger partial charge in [-0.25, -0.2) is 9.97 Å². The second-order valence-electron chi connectivity index (χ2n) is 7.24. The van der Waals surface area contributed by atoms with Gasteiger partial charge in [0.05, 0.1) is 10.9 Å². The number of hydrogen-bond acceptors (Lipinski definition) is 4. The fourth-order valence-corrected chi connectivity index (χ4v) is 4.13. The van der Waals surface area contributed by atoms with Gasteiger partial charge in [0.1, 0.15) is 5.69 Å². The maximum Gasteiger partial charge on any atom is 0.433 e. The first-order valence-electron chi connectivity index (χ1n) is 9.81. The molecule has 0 spiro atoms. The summed E-state index contributed by atoms with van der Waals surface area (Å²) >= 11 is 0.950. The number of nitrogens with one attached hydrogen (secondary N) is 1. The number of aromatic nitrogens is 2. The minimum Gasteiger partial charge on any atom is -0.352 e. The van der Waals surface area contributed by atoms with Gasteiger partial charge in [-0.15, -0.1) is 0 Å². The Balaban J connectivity index is 1.77. The number of hydrogen-bond donors (Lipinski definition) is 1. The van der Waals surface area contributed by atoms with Crippen LogP contribution in [0.25, 0.3) is 11.3 Å². The van der Waals surface area contributed by atoms with Crippen molar-refractivity contribution in [1.29, 1.82) is 0 Å². The summed E-state index contributed by atoms with van der Waals surface area (Å²) in [6.45, 7) is 1.67. The zero-order chi connectivity index (χ0) is 20.9. The van der Waals surface area contributed by atoms with E-state index < -0.39 is 17.1 Å². The summed E-state index contributed by atoms with van der Waals surface area (Å²) in [4.78, 5) is 20.5. The molecule has 0 bridgehead atoms. The van der Waals surface area contributed by atoms with Gasteiger partial charge in [-0.2, -0.15) is 13.2 Å². The maximum atomic E-state index is 13.3. The van der Waals surface area contributed by atoms with E-state index in [1.54, 1.807) is 37.3 Å². The first kappa shape index (κ1) is 21.6. The molecule has 0 saturated heterocycles. The largest absolute Gasteiger partial charge is 0.433 e. The molecule has 4 nitrogen and oxygen atoms in total. The van der Waals surface area contributed by atoms with Gasteiger partial charge in [-0.05, 0) is 25.8 Å². The normalized spacial score (nSPS) is 16.8. The summed E-state index contributed by atoms with van der Waals surface area (Å²) in [5.41, 5.74) is -0.255. The molecule has 1 aromatic carbocycles. The standard InChI is InChI=1S/C21H24F3N3OS/c1-14(19(28)25-16-11-7-2-3-8-12-16)29-20-26-17(15-9-5-4-6-10-15)13-18(27-20)21(22,23)24/h4-6,9-10,13-14,16H,2-3,7-8,11-12H2,1H3,(H,25,28). The summed E-state index contributed by atoms with van der Waals surface area (Å²) in [5.74, 6) is -0.191. The van der Waals surface area contributed by atoms with Crippen molar-refractivity contribution in [1.82, 2.24) is 15.3 Å². The number of benzene rings is 1. The van der Waals surface area contributed by atoms with E-state index in [0.717, 1.165) is 43.5 Å². The molecule has 156 valence electrons. The topological polar surface area (TPSA) is 54.9 Å². The van der Waals surface area contributed by atoms with Gasteiger partial charge < -0.3 is 5.32 Å². The smallest absolute Gasteiger partial charge is 0.352 e. The Morgan fingerprint density at radius 1 is 1.10 bits per heavy atom. The van der Waals surface area contributed by atoms with Crippen LogP contribution < -0.4 is 5.32 Å². The highest BCUT2D eigenvalue weighted by Crippen LogP contribution is 2.33. The van der Waals surface area contributed by atoms with Crippen LogP contribution in [0.15, 0.2) is 41.6 Å². The molecule has 2 aromatic rings. The third kappa shape index (κ3) is 6.19. The Labute approximate surface area is 172 Å². The van der Waals surface area contributed by atoms with Gasteiger partial charge >= 0.3 is 6.18 Å². The predicted octanol–water partition coefficient (Wildman–Crippen LogP) is 5.48. The van der Waals surface area contributed by atoms with Crippen LogP contribution >= 0.6 is 11.8 Å². The average Bonchev–Trinajstić information content (AvgIpc) is 2.96. The lowest BCUT2D eigenvalue weighted by molar-refractivity contribution is -0.141. The van der Waals surface area contributed by atoms with Crippen molar-refractivity contribution < 1.29 is 18.0 Å². The van der Waals surface area contributed by atoms with Crippen LogP contribution in [0, 0.1) is 0 Å². The van der Waals surface area contributed by atoms with Crippen LogP contribution in [0.2, 0.25) is 0 Å². The van der Waals surface area contributed by atoms with Crippen molar-refractivity contribution in [3.8, 4) is 11.3 Å². The van der Waals surface area contributed by atoms with E-state index in [9.17, 15) is 18.0 Å². The second-order valence-corrected chi connectivity index (χ2v) is 8.55. The Morgan fingerprint density at radius 2 is 1.76 bits per heavy atom. The zero-order valence-electron chi connectivity index (χ0n) is 16.2. The van der Waals surface area contributed by atoms with Crippen molar-refractivity contribution >= 4 is 17.7 Å². The van der Waals surface area contributed by atoms with Crippen molar-refractivity contribution in [2.45, 2.75) is 68.1 Å². The number of nitrogens with zero attached hydrogens (tertiary/aromatic N) is 2. The molecule has 1 unspecified atom stereocenters. The van der Waals surface area contributed by atoms with Gasteiger partial charge in [0.15, 0.2) is 5.16 Å². The zero-order valence-corrected chi connectivity index (χ0v) is 17.0. The van der Waals surface area contributed by atoms with Crippen LogP contribution in [-0.2, 0) is 11.0 Å². The molecule has 1 atom stereocenters. The molecule has 1 saturated carbocycles. The fraction of sp³-hybridized carbons (Fsp3) is 0.476. The van der Waals surface area contributed by atoms with E-state index >= 15 is 0 Å². The van der Waals surface area contributed by atoms with Crippen LogP contribution in [0.4, 0.5) is 13.2 Å². The minimum absolute atomic E-state index is 0.0535. The number of carbonyl (C=O) groups is 1. The SMILES string of the molecule is CC(Sc1nc(-c2ccccc2)cc(C(F)(F)F)n1)C(=O)NC1CCCCCC1. The molecular weight excluding hydrogens is 399 g/mol. The number of rotatable bonds is 5. The van der Waals surface area contributed by atoms with Gasteiger partial charge in [0.25, 0.3) is 0 Å². The van der Waals surface area contributed by atoms with Crippen LogP contribution in [0.1, 0.15) is 51.1 Å². The molecule has 0 aliphatic heterocycles. The van der Waals surface area contributed by atoms with Crippen LogP contribution in [0.5, 0.6) is 0 Å². The molecule has 1 N–H and O–H groups in total. The number of alkyl halides is 3. The number of carbonyl (C=O) groups excluding carboxylic acids is 1. The van der Waals surface area contributed by atoms with Crippen molar-refractivity contribution in [3.05, 3.63) is 42.1 Å². The number of thioether (sulfide) groups is 1. The van der Waals surface area contributed by atoms with Gasteiger partial charge in [0.2, 0.25) is 5.91 Å². The Kier molecular flexibility index (Phi) is 7.16. The molecule has 1 aliphatic carbocycles. The first-order chi connectivity index (χ1) is 13.8. The molecule has 1 aromatic heterocycles. The highest BCUT2D eigenvalue weighted by atomic mass is 32.2. The number of halogens is 3. The van der Waals surface area contributed by atoms with E-state index in [1.165, 1.54) is 12.8 Å². The maximum absolute atomic E-state index is 13.3. The van der Waals surface area contributed by atoms with E-state index in [4.69, 9.17) is 0 Å². The van der Waals surface area contributed by atoms with Crippen molar-refractivity contribution in [3.63, 3.8) is 0 Å². The van der Waals surface area contributed by atoms with Gasteiger partial charge in [0, 0.05) is 11.6 Å². The Bertz CT molecular complexity index is 822. The van der Waals surface area contributed by atoms with Crippen molar-refractivity contribution in [2.24, 2.45) is 0 Å². The van der Waals surface area contributed by atoms with E-state index in [0.29, 0.717) is 5.56 Å². The molecule has 8 heteroatoms. The number of amides is 1. The molecule has 1 amide bonds. The Hall–Kier alpha value is -2.09. The summed E-state index contributed by atoms with van der Waals surface area (Å²) < 4.78 is 40.0. The third-order valence-corrected chi connectivity index (χ3v) is 5.88. The van der Waals surface area contributed by atoms with Crippen LogP contribution in [0.3, 0.4) is 0 Å². The van der Waals surface area contributed by atoms with E-state index in [1.807, 2.05) is 0 Å². The Morgan fingerprint density at radius 3 is 2.38 bits per heavy atom. The molecule has 1 aliphatic rings. The highest BCUT2D eigenvalue weighted by molar-refractivity contribution is 8.00.